The lowest BCUT2D eigenvalue weighted by Gasteiger charge is -2.33. The first kappa shape index (κ1) is 19.1. The van der Waals surface area contributed by atoms with Crippen molar-refractivity contribution in [2.75, 3.05) is 11.9 Å². The molecule has 0 aliphatic carbocycles. The first-order chi connectivity index (χ1) is 11.2. The van der Waals surface area contributed by atoms with Crippen molar-refractivity contribution in [1.82, 2.24) is 4.90 Å². The topological polar surface area (TPSA) is 93.4 Å². The fourth-order valence-electron chi connectivity index (χ4n) is 2.08. The van der Waals surface area contributed by atoms with E-state index in [1.807, 2.05) is 20.8 Å². The van der Waals surface area contributed by atoms with Gasteiger partial charge in [-0.1, -0.05) is 5.92 Å². The Balaban J connectivity index is 2.49. The largest absolute Gasteiger partial charge is 0.465 e. The summed E-state index contributed by atoms with van der Waals surface area (Å²) in [7, 11) is 0. The molecule has 2 N–H and O–H groups in total. The molecule has 6 heteroatoms. The van der Waals surface area contributed by atoms with Crippen molar-refractivity contribution in [3.05, 3.63) is 29.8 Å². The first-order valence-corrected chi connectivity index (χ1v) is 7.54. The molecule has 0 unspecified atom stereocenters. The molecule has 126 valence electrons. The average molecular weight is 327 g/mol. The molecule has 0 heterocycles. The molecule has 0 spiro atoms. The van der Waals surface area contributed by atoms with Gasteiger partial charge >= 0.3 is 6.09 Å². The molecule has 0 bridgehead atoms. The molecular formula is C18H21N3O3. The zero-order valence-corrected chi connectivity index (χ0v) is 14.1. The number of amides is 2. The summed E-state index contributed by atoms with van der Waals surface area (Å²) in [5.41, 5.74) is 0.827. The lowest BCUT2D eigenvalue weighted by Crippen LogP contribution is -2.45. The molecule has 1 rings (SSSR count). The second-order valence-corrected chi connectivity index (χ2v) is 6.20. The van der Waals surface area contributed by atoms with Crippen molar-refractivity contribution < 1.29 is 14.7 Å². The number of carbonyl (C=O) groups excluding carboxylic acids is 1. The molecule has 0 aliphatic rings. The number of anilines is 1. The van der Waals surface area contributed by atoms with Crippen LogP contribution in [0, 0.1) is 23.2 Å². The van der Waals surface area contributed by atoms with Crippen molar-refractivity contribution in [3.8, 4) is 17.9 Å². The maximum absolute atomic E-state index is 11.9. The normalized spacial score (nSPS) is 10.1. The van der Waals surface area contributed by atoms with E-state index in [0.717, 1.165) is 0 Å². The smallest absolute Gasteiger partial charge is 0.407 e. The third-order valence-corrected chi connectivity index (χ3v) is 3.26. The Morgan fingerprint density at radius 3 is 2.38 bits per heavy atom. The second-order valence-electron chi connectivity index (χ2n) is 6.20. The van der Waals surface area contributed by atoms with Crippen LogP contribution >= 0.6 is 0 Å². The van der Waals surface area contributed by atoms with Gasteiger partial charge in [0.15, 0.2) is 6.07 Å². The maximum atomic E-state index is 11.9. The number of nitrogens with one attached hydrogen (secondary N) is 1. The van der Waals surface area contributed by atoms with Crippen molar-refractivity contribution in [2.45, 2.75) is 39.2 Å². The van der Waals surface area contributed by atoms with Crippen LogP contribution in [0.4, 0.5) is 10.5 Å². The fourth-order valence-corrected chi connectivity index (χ4v) is 2.08. The van der Waals surface area contributed by atoms with Gasteiger partial charge in [-0.3, -0.25) is 4.79 Å². The van der Waals surface area contributed by atoms with Crippen LogP contribution in [0.2, 0.25) is 0 Å². The van der Waals surface area contributed by atoms with Crippen molar-refractivity contribution in [1.29, 1.82) is 5.26 Å². The van der Waals surface area contributed by atoms with Crippen LogP contribution in [0.15, 0.2) is 24.3 Å². The van der Waals surface area contributed by atoms with Gasteiger partial charge in [0.1, 0.15) is 0 Å². The molecular weight excluding hydrogens is 306 g/mol. The Morgan fingerprint density at radius 2 is 1.88 bits per heavy atom. The Labute approximate surface area is 142 Å². The van der Waals surface area contributed by atoms with Gasteiger partial charge in [0.05, 0.1) is 0 Å². The quantitative estimate of drug-likeness (QED) is 0.813. The monoisotopic (exact) mass is 327 g/mol. The van der Waals surface area contributed by atoms with E-state index in [9.17, 15) is 14.7 Å². The molecule has 0 aliphatic heterocycles. The van der Waals surface area contributed by atoms with Crippen molar-refractivity contribution in [3.63, 3.8) is 0 Å². The number of benzene rings is 1. The zero-order chi connectivity index (χ0) is 18.2. The van der Waals surface area contributed by atoms with Gasteiger partial charge in [-0.25, -0.2) is 4.79 Å². The summed E-state index contributed by atoms with van der Waals surface area (Å²) in [5, 5.41) is 20.3. The van der Waals surface area contributed by atoms with Crippen LogP contribution in [0.3, 0.4) is 0 Å². The summed E-state index contributed by atoms with van der Waals surface area (Å²) in [6, 6.07) is 8.58. The summed E-state index contributed by atoms with van der Waals surface area (Å²) < 4.78 is 0. The predicted molar refractivity (Wildman–Crippen MR) is 91.3 cm³/mol. The van der Waals surface area contributed by atoms with Crippen LogP contribution in [0.1, 0.15) is 39.2 Å². The molecule has 0 aromatic heterocycles. The average Bonchev–Trinajstić information content (AvgIpc) is 2.49. The molecule has 0 fully saturated rings. The summed E-state index contributed by atoms with van der Waals surface area (Å²) in [6.07, 6.45) is -0.311. The van der Waals surface area contributed by atoms with E-state index < -0.39 is 11.6 Å². The highest BCUT2D eigenvalue weighted by molar-refractivity contribution is 5.90. The molecule has 6 nitrogen and oxygen atoms in total. The molecule has 0 radical (unpaired) electrons. The lowest BCUT2D eigenvalue weighted by molar-refractivity contribution is -0.116. The lowest BCUT2D eigenvalue weighted by atomic mass is 10.1. The molecule has 2 amide bonds. The number of nitrogens with zero attached hydrogens (tertiary/aromatic N) is 2. The van der Waals surface area contributed by atoms with Crippen molar-refractivity contribution >= 4 is 17.7 Å². The summed E-state index contributed by atoms with van der Waals surface area (Å²) in [6.45, 7) is 5.75. The number of hydrogen-bond donors (Lipinski definition) is 2. The molecule has 0 saturated carbocycles. The second kappa shape index (κ2) is 8.59. The highest BCUT2D eigenvalue weighted by atomic mass is 16.4. The highest BCUT2D eigenvalue weighted by Gasteiger charge is 2.25. The van der Waals surface area contributed by atoms with Gasteiger partial charge in [0.25, 0.3) is 0 Å². The minimum atomic E-state index is -0.989. The molecule has 24 heavy (non-hydrogen) atoms. The number of rotatable bonds is 5. The predicted octanol–water partition coefficient (Wildman–Crippen LogP) is 3.06. The van der Waals surface area contributed by atoms with E-state index in [1.165, 1.54) is 4.90 Å². The first-order valence-electron chi connectivity index (χ1n) is 7.54. The van der Waals surface area contributed by atoms with Gasteiger partial charge in [0, 0.05) is 35.7 Å². The standard InChI is InChI=1S/C18H21N3O3/c1-18(2,3)21(17(23)24)13-5-7-16(22)20-15-10-8-14(9-11-15)6-4-12-19/h8-11H,5,7,13H2,1-3H3,(H,20,22)(H,23,24). The van der Waals surface area contributed by atoms with Gasteiger partial charge in [0.2, 0.25) is 5.91 Å². The van der Waals surface area contributed by atoms with E-state index in [4.69, 9.17) is 5.26 Å². The minimum Gasteiger partial charge on any atom is -0.465 e. The van der Waals surface area contributed by atoms with E-state index in [2.05, 4.69) is 17.2 Å². The summed E-state index contributed by atoms with van der Waals surface area (Å²) in [4.78, 5) is 24.5. The fraction of sp³-hybridized carbons (Fsp3) is 0.389. The van der Waals surface area contributed by atoms with E-state index >= 15 is 0 Å². The third kappa shape index (κ3) is 6.41. The number of carboxylic acid groups (broad SMARTS) is 1. The number of hydrogen-bond acceptors (Lipinski definition) is 3. The summed E-state index contributed by atoms with van der Waals surface area (Å²) in [5.74, 6) is 4.79. The Kier molecular flexibility index (Phi) is 6.82. The van der Waals surface area contributed by atoms with Gasteiger partial charge in [-0.15, -0.1) is 0 Å². The zero-order valence-electron chi connectivity index (χ0n) is 14.1. The van der Waals surface area contributed by atoms with Crippen LogP contribution in [-0.4, -0.2) is 34.1 Å². The Morgan fingerprint density at radius 1 is 1.25 bits per heavy atom. The molecule has 1 aromatic carbocycles. The molecule has 0 atom stereocenters. The van der Waals surface area contributed by atoms with Crippen LogP contribution in [0.25, 0.3) is 0 Å². The van der Waals surface area contributed by atoms with Gasteiger partial charge in [-0.05, 0) is 51.5 Å². The van der Waals surface area contributed by atoms with E-state index in [0.29, 0.717) is 24.2 Å². The third-order valence-electron chi connectivity index (χ3n) is 3.26. The molecule has 1 aromatic rings. The maximum Gasteiger partial charge on any atom is 0.407 e. The SMILES string of the molecule is CC(C)(C)N(CCCC(=O)Nc1ccc(C#CC#N)cc1)C(=O)O. The van der Waals surface area contributed by atoms with Gasteiger partial charge < -0.3 is 15.3 Å². The molecule has 0 saturated heterocycles. The van der Waals surface area contributed by atoms with Crippen LogP contribution < -0.4 is 5.32 Å². The number of nitriles is 1. The van der Waals surface area contributed by atoms with Crippen molar-refractivity contribution in [2.24, 2.45) is 0 Å². The van der Waals surface area contributed by atoms with E-state index in [-0.39, 0.29) is 12.3 Å². The highest BCUT2D eigenvalue weighted by Crippen LogP contribution is 2.15. The number of carbonyl (C=O) groups is 2. The summed E-state index contributed by atoms with van der Waals surface area (Å²) >= 11 is 0. The van der Waals surface area contributed by atoms with Gasteiger partial charge in [-0.2, -0.15) is 5.26 Å². The van der Waals surface area contributed by atoms with E-state index in [1.54, 1.807) is 30.3 Å². The Hall–Kier alpha value is -2.99. The van der Waals surface area contributed by atoms with Crippen LogP contribution in [-0.2, 0) is 4.79 Å². The minimum absolute atomic E-state index is 0.176. The Bertz CT molecular complexity index is 685. The van der Waals surface area contributed by atoms with Crippen LogP contribution in [0.5, 0.6) is 0 Å².